The van der Waals surface area contributed by atoms with E-state index in [2.05, 4.69) is 17.0 Å². The van der Waals surface area contributed by atoms with Gasteiger partial charge in [0.25, 0.3) is 0 Å². The second-order valence-corrected chi connectivity index (χ2v) is 5.15. The van der Waals surface area contributed by atoms with Crippen molar-refractivity contribution in [3.63, 3.8) is 0 Å². The minimum Gasteiger partial charge on any atom is -0.484 e. The lowest BCUT2D eigenvalue weighted by Gasteiger charge is -2.15. The number of anilines is 1. The van der Waals surface area contributed by atoms with E-state index in [1.165, 1.54) is 12.8 Å². The number of benzene rings is 1. The molecule has 1 atom stereocenters. The number of nitrogens with one attached hydrogen (secondary N) is 1. The average molecular weight is 273 g/mol. The Morgan fingerprint density at radius 1 is 1.26 bits per heavy atom. The van der Waals surface area contributed by atoms with Crippen LogP contribution in [0.4, 0.5) is 18.9 Å². The summed E-state index contributed by atoms with van der Waals surface area (Å²) in [6.45, 7) is 0.865. The van der Waals surface area contributed by atoms with E-state index in [9.17, 15) is 13.2 Å². The van der Waals surface area contributed by atoms with Gasteiger partial charge < -0.3 is 10.1 Å². The summed E-state index contributed by atoms with van der Waals surface area (Å²) in [6.07, 6.45) is -0.519. The van der Waals surface area contributed by atoms with E-state index in [-0.39, 0.29) is 5.75 Å². The van der Waals surface area contributed by atoms with Crippen LogP contribution in [0.2, 0.25) is 0 Å². The summed E-state index contributed by atoms with van der Waals surface area (Å²) >= 11 is 0. The fourth-order valence-corrected chi connectivity index (χ4v) is 2.01. The normalized spacial score (nSPS) is 17.1. The molecule has 19 heavy (non-hydrogen) atoms. The van der Waals surface area contributed by atoms with Gasteiger partial charge in [0.05, 0.1) is 0 Å². The summed E-state index contributed by atoms with van der Waals surface area (Å²) in [5, 5.41) is 3.33. The monoisotopic (exact) mass is 273 g/mol. The number of hydrogen-bond donors (Lipinski definition) is 1. The Labute approximate surface area is 111 Å². The van der Waals surface area contributed by atoms with Gasteiger partial charge in [0.2, 0.25) is 0 Å². The Bertz CT molecular complexity index is 398. The van der Waals surface area contributed by atoms with Gasteiger partial charge in [-0.3, -0.25) is 0 Å². The van der Waals surface area contributed by atoms with Gasteiger partial charge in [-0.05, 0) is 43.5 Å². The molecule has 1 saturated carbocycles. The molecule has 1 fully saturated rings. The van der Waals surface area contributed by atoms with Crippen LogP contribution in [-0.4, -0.2) is 18.8 Å². The molecule has 2 nitrogen and oxygen atoms in total. The van der Waals surface area contributed by atoms with Crippen molar-refractivity contribution in [3.8, 4) is 5.75 Å². The van der Waals surface area contributed by atoms with Crippen molar-refractivity contribution in [3.05, 3.63) is 24.3 Å². The number of ether oxygens (including phenoxy) is 1. The van der Waals surface area contributed by atoms with E-state index in [1.807, 2.05) is 0 Å². The van der Waals surface area contributed by atoms with Gasteiger partial charge in [-0.15, -0.1) is 0 Å². The maximum absolute atomic E-state index is 12.0. The van der Waals surface area contributed by atoms with Crippen LogP contribution in [0.1, 0.15) is 26.2 Å². The average Bonchev–Trinajstić information content (AvgIpc) is 3.11. The van der Waals surface area contributed by atoms with E-state index in [1.54, 1.807) is 24.3 Å². The van der Waals surface area contributed by atoms with Crippen molar-refractivity contribution in [2.45, 2.75) is 38.4 Å². The third kappa shape index (κ3) is 5.41. The summed E-state index contributed by atoms with van der Waals surface area (Å²) in [5.41, 5.74) is 0.910. The number of rotatable bonds is 6. The number of alkyl halides is 3. The van der Waals surface area contributed by atoms with Crippen molar-refractivity contribution in [2.75, 3.05) is 11.9 Å². The van der Waals surface area contributed by atoms with E-state index in [0.29, 0.717) is 6.04 Å². The van der Waals surface area contributed by atoms with Crippen LogP contribution < -0.4 is 10.1 Å². The van der Waals surface area contributed by atoms with Gasteiger partial charge in [-0.1, -0.05) is 12.8 Å². The zero-order valence-electron chi connectivity index (χ0n) is 10.8. The molecule has 1 unspecified atom stereocenters. The Balaban J connectivity index is 1.80. The van der Waals surface area contributed by atoms with Crippen LogP contribution in [0.5, 0.6) is 5.75 Å². The molecule has 0 saturated heterocycles. The topological polar surface area (TPSA) is 21.3 Å². The fourth-order valence-electron chi connectivity index (χ4n) is 2.01. The molecule has 1 aliphatic rings. The molecule has 5 heteroatoms. The van der Waals surface area contributed by atoms with Gasteiger partial charge >= 0.3 is 6.18 Å². The molecule has 0 spiro atoms. The van der Waals surface area contributed by atoms with Gasteiger partial charge in [0, 0.05) is 11.7 Å². The number of halogens is 3. The predicted molar refractivity (Wildman–Crippen MR) is 68.4 cm³/mol. The second-order valence-electron chi connectivity index (χ2n) is 5.15. The summed E-state index contributed by atoms with van der Waals surface area (Å²) in [4.78, 5) is 0. The molecule has 1 aromatic carbocycles. The minimum atomic E-state index is -4.30. The summed E-state index contributed by atoms with van der Waals surface area (Å²) in [5.74, 6) is 1.08. The van der Waals surface area contributed by atoms with Crippen molar-refractivity contribution in [2.24, 2.45) is 5.92 Å². The van der Waals surface area contributed by atoms with Crippen LogP contribution in [0.15, 0.2) is 24.3 Å². The van der Waals surface area contributed by atoms with Gasteiger partial charge in [0.15, 0.2) is 6.61 Å². The van der Waals surface area contributed by atoms with Gasteiger partial charge in [0.1, 0.15) is 5.75 Å². The highest BCUT2D eigenvalue weighted by molar-refractivity contribution is 5.47. The van der Waals surface area contributed by atoms with Crippen molar-refractivity contribution in [1.82, 2.24) is 0 Å². The Hall–Kier alpha value is -1.39. The molecule has 1 aromatic rings. The lowest BCUT2D eigenvalue weighted by Crippen LogP contribution is -2.19. The lowest BCUT2D eigenvalue weighted by molar-refractivity contribution is -0.153. The molecule has 0 heterocycles. The molecule has 1 aliphatic carbocycles. The smallest absolute Gasteiger partial charge is 0.422 e. The van der Waals surface area contributed by atoms with Crippen LogP contribution in [0, 0.1) is 5.92 Å². The first-order valence-corrected chi connectivity index (χ1v) is 6.48. The minimum absolute atomic E-state index is 0.234. The maximum Gasteiger partial charge on any atom is 0.422 e. The maximum atomic E-state index is 12.0. The van der Waals surface area contributed by atoms with E-state index in [4.69, 9.17) is 0 Å². The van der Waals surface area contributed by atoms with Gasteiger partial charge in [-0.25, -0.2) is 0 Å². The van der Waals surface area contributed by atoms with E-state index >= 15 is 0 Å². The summed E-state index contributed by atoms with van der Waals surface area (Å²) in [7, 11) is 0. The lowest BCUT2D eigenvalue weighted by atomic mass is 10.1. The molecule has 0 radical (unpaired) electrons. The van der Waals surface area contributed by atoms with Crippen molar-refractivity contribution in [1.29, 1.82) is 0 Å². The molecule has 0 aromatic heterocycles. The predicted octanol–water partition coefficient (Wildman–Crippen LogP) is 4.23. The Morgan fingerprint density at radius 3 is 2.42 bits per heavy atom. The van der Waals surface area contributed by atoms with Gasteiger partial charge in [-0.2, -0.15) is 13.2 Å². The highest BCUT2D eigenvalue weighted by Crippen LogP contribution is 2.34. The molecule has 0 aliphatic heterocycles. The highest BCUT2D eigenvalue weighted by atomic mass is 19.4. The van der Waals surface area contributed by atoms with Crippen LogP contribution in [0.3, 0.4) is 0 Å². The SMILES string of the molecule is CC(CC1CC1)Nc1ccc(OCC(F)(F)F)cc1. The van der Waals surface area contributed by atoms with Crippen LogP contribution >= 0.6 is 0 Å². The zero-order chi connectivity index (χ0) is 13.9. The second kappa shape index (κ2) is 5.72. The third-order valence-corrected chi connectivity index (χ3v) is 3.05. The molecule has 106 valence electrons. The van der Waals surface area contributed by atoms with E-state index < -0.39 is 12.8 Å². The largest absolute Gasteiger partial charge is 0.484 e. The first-order valence-electron chi connectivity index (χ1n) is 6.48. The zero-order valence-corrected chi connectivity index (χ0v) is 10.8. The standard InChI is InChI=1S/C14H18F3NO/c1-10(8-11-2-3-11)18-12-4-6-13(7-5-12)19-9-14(15,16)17/h4-7,10-11,18H,2-3,8-9H2,1H3. The van der Waals surface area contributed by atoms with E-state index in [0.717, 1.165) is 18.0 Å². The third-order valence-electron chi connectivity index (χ3n) is 3.05. The molecule has 2 rings (SSSR count). The molecule has 0 amide bonds. The molecular weight excluding hydrogens is 255 g/mol. The number of hydrogen-bond acceptors (Lipinski definition) is 2. The van der Waals surface area contributed by atoms with Crippen molar-refractivity contribution < 1.29 is 17.9 Å². The Morgan fingerprint density at radius 2 is 1.89 bits per heavy atom. The fraction of sp³-hybridized carbons (Fsp3) is 0.571. The first-order chi connectivity index (χ1) is 8.92. The van der Waals surface area contributed by atoms with Crippen LogP contribution in [-0.2, 0) is 0 Å². The quantitative estimate of drug-likeness (QED) is 0.837. The summed E-state index contributed by atoms with van der Waals surface area (Å²) < 4.78 is 40.6. The van der Waals surface area contributed by atoms with Crippen molar-refractivity contribution >= 4 is 5.69 Å². The Kier molecular flexibility index (Phi) is 4.22. The first kappa shape index (κ1) is 14.0. The van der Waals surface area contributed by atoms with Crippen LogP contribution in [0.25, 0.3) is 0 Å². The molecular formula is C14H18F3NO. The molecule has 0 bridgehead atoms. The molecule has 1 N–H and O–H groups in total. The summed E-state index contributed by atoms with van der Waals surface area (Å²) in [6, 6.07) is 6.98. The highest BCUT2D eigenvalue weighted by Gasteiger charge is 2.28.